The minimum absolute atomic E-state index is 0.0823. The van der Waals surface area contributed by atoms with E-state index in [4.69, 9.17) is 4.74 Å². The number of hydrogen-bond acceptors (Lipinski definition) is 4. The summed E-state index contributed by atoms with van der Waals surface area (Å²) in [5, 5.41) is 6.06. The number of nitrogens with one attached hydrogen (secondary N) is 2. The Morgan fingerprint density at radius 1 is 1.29 bits per heavy atom. The second-order valence-corrected chi connectivity index (χ2v) is 7.84. The first-order chi connectivity index (χ1) is 11.7. The lowest BCUT2D eigenvalue weighted by Crippen LogP contribution is -2.60. The molecule has 0 unspecified atom stereocenters. The third-order valence-corrected chi connectivity index (χ3v) is 5.94. The number of rotatable bonds is 4. The van der Waals surface area contributed by atoms with Crippen LogP contribution < -0.4 is 10.6 Å². The van der Waals surface area contributed by atoms with Crippen molar-refractivity contribution in [3.05, 3.63) is 29.8 Å². The van der Waals surface area contributed by atoms with Crippen molar-refractivity contribution in [2.24, 2.45) is 0 Å². The molecule has 2 saturated heterocycles. The molecule has 2 aliphatic heterocycles. The molecule has 2 N–H and O–H groups in total. The monoisotopic (exact) mass is 349 g/mol. The molecule has 3 rings (SSSR count). The fourth-order valence-corrected chi connectivity index (χ4v) is 4.79. The van der Waals surface area contributed by atoms with Gasteiger partial charge in [-0.3, -0.25) is 4.90 Å². The molecule has 2 fully saturated rings. The molecule has 0 atom stereocenters. The summed E-state index contributed by atoms with van der Waals surface area (Å²) in [6.07, 6.45) is 2.25. The molecular weight excluding hydrogens is 322 g/mol. The van der Waals surface area contributed by atoms with Crippen molar-refractivity contribution in [3.63, 3.8) is 0 Å². The van der Waals surface area contributed by atoms with Crippen LogP contribution in [0, 0.1) is 6.92 Å². The van der Waals surface area contributed by atoms with E-state index in [0.717, 1.165) is 50.4 Å². The molecule has 2 heterocycles. The molecule has 0 radical (unpaired) electrons. The molecule has 132 valence electrons. The zero-order chi connectivity index (χ0) is 16.8. The molecule has 2 aliphatic rings. The van der Waals surface area contributed by atoms with E-state index in [2.05, 4.69) is 15.5 Å². The van der Waals surface area contributed by atoms with Gasteiger partial charge < -0.3 is 15.4 Å². The average Bonchev–Trinajstić information content (AvgIpc) is 2.62. The van der Waals surface area contributed by atoms with E-state index < -0.39 is 0 Å². The number of aryl methyl sites for hydroxylation is 1. The molecule has 6 heteroatoms. The van der Waals surface area contributed by atoms with Gasteiger partial charge in [-0.05, 0) is 49.0 Å². The summed E-state index contributed by atoms with van der Waals surface area (Å²) < 4.78 is 5.50. The highest BCUT2D eigenvalue weighted by Gasteiger charge is 2.39. The zero-order valence-corrected chi connectivity index (χ0v) is 15.2. The Kier molecular flexibility index (Phi) is 6.03. The van der Waals surface area contributed by atoms with E-state index in [1.165, 1.54) is 11.5 Å². The number of ether oxygens (including phenoxy) is 1. The first-order valence-electron chi connectivity index (χ1n) is 8.70. The second-order valence-electron chi connectivity index (χ2n) is 6.61. The summed E-state index contributed by atoms with van der Waals surface area (Å²) in [6.45, 7) is 6.24. The van der Waals surface area contributed by atoms with E-state index in [1.54, 1.807) is 0 Å². The lowest BCUT2D eigenvalue weighted by atomic mass is 9.89. The van der Waals surface area contributed by atoms with E-state index in [0.29, 0.717) is 6.54 Å². The number of hydrogen-bond donors (Lipinski definition) is 2. The SMILES string of the molecule is Cc1cccc(NC(=O)NCC2(N3CCOCC3)CCSCC2)c1. The van der Waals surface area contributed by atoms with Crippen LogP contribution in [0.5, 0.6) is 0 Å². The van der Waals surface area contributed by atoms with Gasteiger partial charge in [0.1, 0.15) is 0 Å². The minimum Gasteiger partial charge on any atom is -0.379 e. The predicted octanol–water partition coefficient (Wildman–Crippen LogP) is 2.71. The van der Waals surface area contributed by atoms with Crippen molar-refractivity contribution < 1.29 is 9.53 Å². The Labute approximate surface area is 148 Å². The smallest absolute Gasteiger partial charge is 0.319 e. The van der Waals surface area contributed by atoms with Crippen LogP contribution in [0.15, 0.2) is 24.3 Å². The Morgan fingerprint density at radius 2 is 2.04 bits per heavy atom. The molecule has 0 bridgehead atoms. The first kappa shape index (κ1) is 17.6. The van der Waals surface area contributed by atoms with Crippen molar-refractivity contribution in [1.29, 1.82) is 0 Å². The maximum absolute atomic E-state index is 12.3. The maximum atomic E-state index is 12.3. The number of morpholine rings is 1. The Bertz CT molecular complexity index is 555. The summed E-state index contributed by atoms with van der Waals surface area (Å²) in [6, 6.07) is 7.76. The molecule has 2 amide bonds. The number of benzene rings is 1. The van der Waals surface area contributed by atoms with Crippen LogP contribution in [-0.4, -0.2) is 60.8 Å². The molecular formula is C18H27N3O2S. The summed E-state index contributed by atoms with van der Waals surface area (Å²) in [5.41, 5.74) is 2.06. The van der Waals surface area contributed by atoms with Crippen LogP contribution in [-0.2, 0) is 4.74 Å². The molecule has 0 aliphatic carbocycles. The molecule has 1 aromatic carbocycles. The maximum Gasteiger partial charge on any atom is 0.319 e. The van der Waals surface area contributed by atoms with Gasteiger partial charge in [0.25, 0.3) is 0 Å². The van der Waals surface area contributed by atoms with Gasteiger partial charge in [0.2, 0.25) is 0 Å². The average molecular weight is 350 g/mol. The molecule has 0 aromatic heterocycles. The molecule has 0 spiro atoms. The van der Waals surface area contributed by atoms with Gasteiger partial charge in [-0.15, -0.1) is 0 Å². The van der Waals surface area contributed by atoms with Crippen molar-refractivity contribution in [2.45, 2.75) is 25.3 Å². The van der Waals surface area contributed by atoms with E-state index in [-0.39, 0.29) is 11.6 Å². The largest absolute Gasteiger partial charge is 0.379 e. The molecule has 0 saturated carbocycles. The van der Waals surface area contributed by atoms with Gasteiger partial charge in [-0.25, -0.2) is 4.79 Å². The van der Waals surface area contributed by atoms with Crippen molar-refractivity contribution >= 4 is 23.5 Å². The van der Waals surface area contributed by atoms with E-state index in [9.17, 15) is 4.79 Å². The number of urea groups is 1. The normalized spacial score (nSPS) is 21.2. The molecule has 1 aromatic rings. The number of nitrogens with zero attached hydrogens (tertiary/aromatic N) is 1. The topological polar surface area (TPSA) is 53.6 Å². The fourth-order valence-electron chi connectivity index (χ4n) is 3.54. The van der Waals surface area contributed by atoms with Crippen LogP contribution in [0.1, 0.15) is 18.4 Å². The van der Waals surface area contributed by atoms with Crippen LogP contribution in [0.3, 0.4) is 0 Å². The van der Waals surface area contributed by atoms with Crippen molar-refractivity contribution in [2.75, 3.05) is 49.7 Å². The van der Waals surface area contributed by atoms with Gasteiger partial charge in [0.15, 0.2) is 0 Å². The van der Waals surface area contributed by atoms with Crippen LogP contribution >= 0.6 is 11.8 Å². The Morgan fingerprint density at radius 3 is 2.75 bits per heavy atom. The van der Waals surface area contributed by atoms with Crippen molar-refractivity contribution in [3.8, 4) is 0 Å². The van der Waals surface area contributed by atoms with Gasteiger partial charge in [0, 0.05) is 30.9 Å². The predicted molar refractivity (Wildman–Crippen MR) is 99.9 cm³/mol. The standard InChI is InChI=1S/C18H27N3O2S/c1-15-3-2-4-16(13-15)20-17(22)19-14-18(5-11-24-12-6-18)21-7-9-23-10-8-21/h2-4,13H,5-12,14H2,1H3,(H2,19,20,22). The van der Waals surface area contributed by atoms with Gasteiger partial charge in [-0.2, -0.15) is 11.8 Å². The Hall–Kier alpha value is -1.24. The number of thioether (sulfide) groups is 1. The highest BCUT2D eigenvalue weighted by molar-refractivity contribution is 7.99. The summed E-state index contributed by atoms with van der Waals surface area (Å²) >= 11 is 2.01. The highest BCUT2D eigenvalue weighted by Crippen LogP contribution is 2.32. The molecule has 5 nitrogen and oxygen atoms in total. The highest BCUT2D eigenvalue weighted by atomic mass is 32.2. The first-order valence-corrected chi connectivity index (χ1v) is 9.86. The number of anilines is 1. The summed E-state index contributed by atoms with van der Waals surface area (Å²) in [4.78, 5) is 14.9. The van der Waals surface area contributed by atoms with Crippen molar-refractivity contribution in [1.82, 2.24) is 10.2 Å². The van der Waals surface area contributed by atoms with E-state index >= 15 is 0 Å². The molecule has 24 heavy (non-hydrogen) atoms. The minimum atomic E-state index is -0.119. The third kappa shape index (κ3) is 4.43. The van der Waals surface area contributed by atoms with Crippen LogP contribution in [0.25, 0.3) is 0 Å². The van der Waals surface area contributed by atoms with E-state index in [1.807, 2.05) is 43.0 Å². The second kappa shape index (κ2) is 8.23. The Balaban J connectivity index is 1.59. The summed E-state index contributed by atoms with van der Waals surface area (Å²) in [7, 11) is 0. The quantitative estimate of drug-likeness (QED) is 0.878. The van der Waals surface area contributed by atoms with Crippen LogP contribution in [0.4, 0.5) is 10.5 Å². The fraction of sp³-hybridized carbons (Fsp3) is 0.611. The van der Waals surface area contributed by atoms with Gasteiger partial charge in [0.05, 0.1) is 13.2 Å². The lowest BCUT2D eigenvalue weighted by Gasteiger charge is -2.48. The number of carbonyl (C=O) groups is 1. The van der Waals surface area contributed by atoms with Gasteiger partial charge in [-0.1, -0.05) is 12.1 Å². The summed E-state index contributed by atoms with van der Waals surface area (Å²) in [5.74, 6) is 2.33. The zero-order valence-electron chi connectivity index (χ0n) is 14.3. The third-order valence-electron chi connectivity index (χ3n) is 4.96. The lowest BCUT2D eigenvalue weighted by molar-refractivity contribution is -0.0249. The number of carbonyl (C=O) groups excluding carboxylic acids is 1. The van der Waals surface area contributed by atoms with Crippen LogP contribution in [0.2, 0.25) is 0 Å². The van der Waals surface area contributed by atoms with Gasteiger partial charge >= 0.3 is 6.03 Å². The number of amides is 2.